The van der Waals surface area contributed by atoms with Gasteiger partial charge in [-0.05, 0) is 17.0 Å². The van der Waals surface area contributed by atoms with Crippen molar-refractivity contribution in [2.24, 2.45) is 0 Å². The molecule has 140 valence electrons. The van der Waals surface area contributed by atoms with Crippen molar-refractivity contribution in [3.63, 3.8) is 0 Å². The first-order valence-electron chi connectivity index (χ1n) is 8.42. The molecular formula is C19H25N3O2S2. The molecule has 0 fully saturated rings. The Morgan fingerprint density at radius 3 is 2.73 bits per heavy atom. The van der Waals surface area contributed by atoms with Crippen LogP contribution in [0.15, 0.2) is 35.2 Å². The SMILES string of the molecule is C=CCNC(=O)CC(Sc1nc2cccc(C(C)(C)C)c2s1)C(=O)NC. The van der Waals surface area contributed by atoms with Crippen molar-refractivity contribution in [3.8, 4) is 0 Å². The van der Waals surface area contributed by atoms with Crippen LogP contribution in [0.1, 0.15) is 32.8 Å². The lowest BCUT2D eigenvalue weighted by Crippen LogP contribution is -2.35. The molecule has 0 saturated heterocycles. The molecular weight excluding hydrogens is 366 g/mol. The number of nitrogens with one attached hydrogen (secondary N) is 2. The maximum atomic E-state index is 12.2. The first kappa shape index (κ1) is 20.5. The maximum absolute atomic E-state index is 12.2. The van der Waals surface area contributed by atoms with Crippen LogP contribution in [0.25, 0.3) is 10.2 Å². The zero-order valence-electron chi connectivity index (χ0n) is 15.6. The molecule has 0 radical (unpaired) electrons. The average molecular weight is 392 g/mol. The molecule has 0 aliphatic carbocycles. The van der Waals surface area contributed by atoms with Crippen molar-refractivity contribution >= 4 is 45.1 Å². The Morgan fingerprint density at radius 2 is 2.12 bits per heavy atom. The van der Waals surface area contributed by atoms with Crippen molar-refractivity contribution < 1.29 is 9.59 Å². The highest BCUT2D eigenvalue weighted by molar-refractivity contribution is 8.02. The Bertz CT molecular complexity index is 809. The Labute approximate surface area is 162 Å². The van der Waals surface area contributed by atoms with E-state index in [4.69, 9.17) is 0 Å². The van der Waals surface area contributed by atoms with Gasteiger partial charge in [0.15, 0.2) is 4.34 Å². The summed E-state index contributed by atoms with van der Waals surface area (Å²) in [5, 5.41) is 4.82. The number of hydrogen-bond donors (Lipinski definition) is 2. The number of amides is 2. The van der Waals surface area contributed by atoms with Gasteiger partial charge in [-0.2, -0.15) is 0 Å². The van der Waals surface area contributed by atoms with E-state index in [0.29, 0.717) is 6.54 Å². The second kappa shape index (κ2) is 8.68. The maximum Gasteiger partial charge on any atom is 0.233 e. The molecule has 1 unspecified atom stereocenters. The summed E-state index contributed by atoms with van der Waals surface area (Å²) in [5.74, 6) is -0.360. The lowest BCUT2D eigenvalue weighted by atomic mass is 9.87. The van der Waals surface area contributed by atoms with E-state index in [1.54, 1.807) is 24.5 Å². The predicted molar refractivity (Wildman–Crippen MR) is 110 cm³/mol. The fraction of sp³-hybridized carbons (Fsp3) is 0.421. The van der Waals surface area contributed by atoms with Crippen molar-refractivity contribution in [1.29, 1.82) is 0 Å². The number of aromatic nitrogens is 1. The lowest BCUT2D eigenvalue weighted by Gasteiger charge is -2.19. The van der Waals surface area contributed by atoms with E-state index in [2.05, 4.69) is 49.0 Å². The number of thiazole rings is 1. The largest absolute Gasteiger partial charge is 0.358 e. The van der Waals surface area contributed by atoms with Gasteiger partial charge in [0.1, 0.15) is 0 Å². The van der Waals surface area contributed by atoms with Crippen LogP contribution < -0.4 is 10.6 Å². The Balaban J connectivity index is 2.26. The second-order valence-corrected chi connectivity index (χ2v) is 9.35. The fourth-order valence-electron chi connectivity index (χ4n) is 2.47. The minimum Gasteiger partial charge on any atom is -0.358 e. The third-order valence-electron chi connectivity index (χ3n) is 3.80. The van der Waals surface area contributed by atoms with E-state index in [0.717, 1.165) is 14.6 Å². The second-order valence-electron chi connectivity index (χ2n) is 6.90. The van der Waals surface area contributed by atoms with Gasteiger partial charge in [-0.15, -0.1) is 17.9 Å². The van der Waals surface area contributed by atoms with Crippen LogP contribution in [-0.4, -0.2) is 35.6 Å². The molecule has 0 saturated carbocycles. The molecule has 26 heavy (non-hydrogen) atoms. The Morgan fingerprint density at radius 1 is 1.38 bits per heavy atom. The van der Waals surface area contributed by atoms with E-state index in [-0.39, 0.29) is 23.7 Å². The van der Waals surface area contributed by atoms with E-state index < -0.39 is 5.25 Å². The molecule has 1 aromatic heterocycles. The number of thioether (sulfide) groups is 1. The van der Waals surface area contributed by atoms with Crippen molar-refractivity contribution in [3.05, 3.63) is 36.4 Å². The number of benzene rings is 1. The number of nitrogens with zero attached hydrogens (tertiary/aromatic N) is 1. The standard InChI is InChI=1S/C19H25N3O2S2/c1-6-10-21-15(23)11-14(17(24)20-5)25-18-22-13-9-7-8-12(16(13)26-18)19(2,3)4/h6-9,14H,1,10-11H2,2-5H3,(H,20,24)(H,21,23). The highest BCUT2D eigenvalue weighted by Crippen LogP contribution is 2.38. The van der Waals surface area contributed by atoms with Crippen LogP contribution in [0, 0.1) is 0 Å². The summed E-state index contributed by atoms with van der Waals surface area (Å²) in [6.07, 6.45) is 1.71. The van der Waals surface area contributed by atoms with Gasteiger partial charge in [-0.1, -0.05) is 50.7 Å². The molecule has 2 N–H and O–H groups in total. The van der Waals surface area contributed by atoms with E-state index >= 15 is 0 Å². The zero-order valence-corrected chi connectivity index (χ0v) is 17.2. The van der Waals surface area contributed by atoms with Gasteiger partial charge in [0.05, 0.1) is 15.5 Å². The first-order valence-corrected chi connectivity index (χ1v) is 10.1. The molecule has 0 spiro atoms. The van der Waals surface area contributed by atoms with E-state index in [1.165, 1.54) is 17.3 Å². The van der Waals surface area contributed by atoms with E-state index in [9.17, 15) is 9.59 Å². The first-order chi connectivity index (χ1) is 12.3. The van der Waals surface area contributed by atoms with Crippen molar-refractivity contribution in [2.45, 2.75) is 42.2 Å². The van der Waals surface area contributed by atoms with Crippen LogP contribution in [0.3, 0.4) is 0 Å². The molecule has 1 aromatic carbocycles. The van der Waals surface area contributed by atoms with Crippen LogP contribution in [0.2, 0.25) is 0 Å². The van der Waals surface area contributed by atoms with Crippen LogP contribution >= 0.6 is 23.1 Å². The average Bonchev–Trinajstić information content (AvgIpc) is 2.99. The summed E-state index contributed by atoms with van der Waals surface area (Å²) in [5.41, 5.74) is 2.18. The topological polar surface area (TPSA) is 71.1 Å². The smallest absolute Gasteiger partial charge is 0.233 e. The van der Waals surface area contributed by atoms with Crippen LogP contribution in [-0.2, 0) is 15.0 Å². The normalized spacial score (nSPS) is 12.6. The lowest BCUT2D eigenvalue weighted by molar-refractivity contribution is -0.125. The van der Waals surface area contributed by atoms with Gasteiger partial charge in [0.25, 0.3) is 0 Å². The molecule has 2 amide bonds. The molecule has 7 heteroatoms. The van der Waals surface area contributed by atoms with Gasteiger partial charge >= 0.3 is 0 Å². The molecule has 2 aromatic rings. The summed E-state index contributed by atoms with van der Waals surface area (Å²) in [7, 11) is 1.58. The highest BCUT2D eigenvalue weighted by atomic mass is 32.2. The highest BCUT2D eigenvalue weighted by Gasteiger charge is 2.25. The third kappa shape index (κ3) is 5.08. The summed E-state index contributed by atoms with van der Waals surface area (Å²) in [6, 6.07) is 6.11. The number of carbonyl (C=O) groups excluding carboxylic acids is 2. The molecule has 1 atom stereocenters. The summed E-state index contributed by atoms with van der Waals surface area (Å²) >= 11 is 2.91. The van der Waals surface area contributed by atoms with Crippen molar-refractivity contribution in [1.82, 2.24) is 15.6 Å². The molecule has 0 aliphatic heterocycles. The predicted octanol–water partition coefficient (Wildman–Crippen LogP) is 3.49. The summed E-state index contributed by atoms with van der Waals surface area (Å²) in [4.78, 5) is 28.9. The molecule has 1 heterocycles. The summed E-state index contributed by atoms with van der Waals surface area (Å²) < 4.78 is 1.93. The molecule has 5 nitrogen and oxygen atoms in total. The van der Waals surface area contributed by atoms with Gasteiger partial charge in [-0.3, -0.25) is 9.59 Å². The monoisotopic (exact) mass is 391 g/mol. The molecule has 0 aliphatic rings. The molecule has 2 rings (SSSR count). The quantitative estimate of drug-likeness (QED) is 0.560. The van der Waals surface area contributed by atoms with Gasteiger partial charge in [0.2, 0.25) is 11.8 Å². The molecule has 0 bridgehead atoms. The minimum absolute atomic E-state index is 0.0126. The number of rotatable bonds is 7. The van der Waals surface area contributed by atoms with Gasteiger partial charge in [0, 0.05) is 20.0 Å². The van der Waals surface area contributed by atoms with Gasteiger partial charge in [-0.25, -0.2) is 4.98 Å². The van der Waals surface area contributed by atoms with E-state index in [1.807, 2.05) is 12.1 Å². The Kier molecular flexibility index (Phi) is 6.83. The third-order valence-corrected chi connectivity index (χ3v) is 6.20. The Hall–Kier alpha value is -1.86. The number of fused-ring (bicyclic) bond motifs is 1. The van der Waals surface area contributed by atoms with Gasteiger partial charge < -0.3 is 10.6 Å². The number of carbonyl (C=O) groups is 2. The van der Waals surface area contributed by atoms with Crippen LogP contribution in [0.4, 0.5) is 0 Å². The van der Waals surface area contributed by atoms with Crippen LogP contribution in [0.5, 0.6) is 0 Å². The minimum atomic E-state index is -0.525. The zero-order chi connectivity index (χ0) is 19.3. The summed E-state index contributed by atoms with van der Waals surface area (Å²) in [6.45, 7) is 10.5. The number of hydrogen-bond acceptors (Lipinski definition) is 5. The fourth-order valence-corrected chi connectivity index (χ4v) is 5.13. The van der Waals surface area contributed by atoms with Crippen molar-refractivity contribution in [2.75, 3.05) is 13.6 Å².